The highest BCUT2D eigenvalue weighted by Crippen LogP contribution is 2.19. The van der Waals surface area contributed by atoms with Crippen molar-refractivity contribution in [1.82, 2.24) is 4.90 Å². The van der Waals surface area contributed by atoms with Gasteiger partial charge in [-0.25, -0.2) is 0 Å². The topological polar surface area (TPSA) is 81.9 Å². The molecule has 0 saturated heterocycles. The summed E-state index contributed by atoms with van der Waals surface area (Å²) in [5.41, 5.74) is 6.18. The number of ether oxygens (including phenoxy) is 2. The Hall–Kier alpha value is -2.24. The van der Waals surface area contributed by atoms with Gasteiger partial charge >= 0.3 is 5.97 Å². The summed E-state index contributed by atoms with van der Waals surface area (Å²) in [5, 5.41) is 0. The highest BCUT2D eigenvalue weighted by molar-refractivity contribution is 5.83. The Morgan fingerprint density at radius 2 is 1.95 bits per heavy atom. The molecule has 0 aliphatic rings. The lowest BCUT2D eigenvalue weighted by Gasteiger charge is -2.25. The van der Waals surface area contributed by atoms with E-state index in [2.05, 4.69) is 4.74 Å². The number of anilines is 1. The minimum atomic E-state index is -0.466. The lowest BCUT2D eigenvalue weighted by molar-refractivity contribution is -0.148. The number of hydrogen-bond acceptors (Lipinski definition) is 5. The molecule has 1 amide bonds. The highest BCUT2D eigenvalue weighted by atomic mass is 16.5. The molecule has 0 atom stereocenters. The number of hydrogen-bond donors (Lipinski definition) is 1. The van der Waals surface area contributed by atoms with E-state index in [1.807, 2.05) is 13.8 Å². The van der Waals surface area contributed by atoms with Crippen LogP contribution < -0.4 is 10.5 Å². The van der Waals surface area contributed by atoms with Crippen molar-refractivity contribution in [3.63, 3.8) is 0 Å². The van der Waals surface area contributed by atoms with Gasteiger partial charge in [-0.15, -0.1) is 0 Å². The van der Waals surface area contributed by atoms with Gasteiger partial charge in [0.05, 0.1) is 12.8 Å². The standard InChI is InChI=1S/C14H20N2O4/c1-10(2)16(8-14(18)19-3)13(17)9-20-12-7-5-4-6-11(12)15/h4-7,10H,8-9,15H2,1-3H3. The molecule has 6 heteroatoms. The maximum absolute atomic E-state index is 12.1. The summed E-state index contributed by atoms with van der Waals surface area (Å²) in [5.74, 6) is -0.317. The predicted octanol–water partition coefficient (Wildman–Crippen LogP) is 1.06. The summed E-state index contributed by atoms with van der Waals surface area (Å²) in [6.07, 6.45) is 0. The average molecular weight is 280 g/mol. The molecule has 0 heterocycles. The minimum Gasteiger partial charge on any atom is -0.482 e. The molecule has 0 fully saturated rings. The summed E-state index contributed by atoms with van der Waals surface area (Å²) >= 11 is 0. The number of carbonyl (C=O) groups excluding carboxylic acids is 2. The molecule has 0 radical (unpaired) electrons. The second kappa shape index (κ2) is 7.37. The normalized spacial score (nSPS) is 10.2. The van der Waals surface area contributed by atoms with Gasteiger partial charge in [0.15, 0.2) is 6.61 Å². The molecule has 6 nitrogen and oxygen atoms in total. The van der Waals surface area contributed by atoms with Gasteiger partial charge in [-0.3, -0.25) is 9.59 Å². The molecule has 0 bridgehead atoms. The van der Waals surface area contributed by atoms with Crippen LogP contribution >= 0.6 is 0 Å². The fraction of sp³-hybridized carbons (Fsp3) is 0.429. The van der Waals surface area contributed by atoms with Crippen LogP contribution in [0.4, 0.5) is 5.69 Å². The maximum atomic E-state index is 12.1. The third kappa shape index (κ3) is 4.46. The number of benzene rings is 1. The van der Waals surface area contributed by atoms with Crippen molar-refractivity contribution >= 4 is 17.6 Å². The van der Waals surface area contributed by atoms with E-state index in [4.69, 9.17) is 10.5 Å². The molecule has 0 spiro atoms. The van der Waals surface area contributed by atoms with Crippen molar-refractivity contribution < 1.29 is 19.1 Å². The van der Waals surface area contributed by atoms with Crippen LogP contribution in [0.3, 0.4) is 0 Å². The first kappa shape index (κ1) is 15.8. The number of rotatable bonds is 6. The molecule has 1 aromatic rings. The van der Waals surface area contributed by atoms with Gasteiger partial charge in [0, 0.05) is 6.04 Å². The van der Waals surface area contributed by atoms with E-state index in [-0.39, 0.29) is 25.1 Å². The number of nitrogens with zero attached hydrogens (tertiary/aromatic N) is 1. The number of para-hydroxylation sites is 2. The van der Waals surface area contributed by atoms with Crippen LogP contribution in [0.1, 0.15) is 13.8 Å². The van der Waals surface area contributed by atoms with E-state index in [9.17, 15) is 9.59 Å². The molecule has 0 aliphatic carbocycles. The van der Waals surface area contributed by atoms with Crippen molar-refractivity contribution in [1.29, 1.82) is 0 Å². The van der Waals surface area contributed by atoms with Gasteiger partial charge in [-0.2, -0.15) is 0 Å². The minimum absolute atomic E-state index is 0.0966. The Morgan fingerprint density at radius 3 is 2.50 bits per heavy atom. The Morgan fingerprint density at radius 1 is 1.30 bits per heavy atom. The summed E-state index contributed by atoms with van der Waals surface area (Å²) in [4.78, 5) is 24.7. The fourth-order valence-electron chi connectivity index (χ4n) is 1.60. The van der Waals surface area contributed by atoms with Crippen LogP contribution in [0.5, 0.6) is 5.75 Å². The Bertz CT molecular complexity index is 474. The number of nitrogens with two attached hydrogens (primary N) is 1. The van der Waals surface area contributed by atoms with Crippen LogP contribution in [-0.2, 0) is 14.3 Å². The van der Waals surface area contributed by atoms with Crippen molar-refractivity contribution in [2.75, 3.05) is 26.0 Å². The molecule has 0 aliphatic heterocycles. The molecule has 110 valence electrons. The molecule has 1 aromatic carbocycles. The van der Waals surface area contributed by atoms with Crippen LogP contribution in [0, 0.1) is 0 Å². The van der Waals surface area contributed by atoms with E-state index in [0.717, 1.165) is 0 Å². The average Bonchev–Trinajstić information content (AvgIpc) is 2.42. The third-order valence-corrected chi connectivity index (χ3v) is 2.74. The summed E-state index contributed by atoms with van der Waals surface area (Å²) in [7, 11) is 1.28. The number of esters is 1. The van der Waals surface area contributed by atoms with Crippen LogP contribution in [-0.4, -0.2) is 43.1 Å². The van der Waals surface area contributed by atoms with Gasteiger partial charge in [0.2, 0.25) is 0 Å². The smallest absolute Gasteiger partial charge is 0.325 e. The molecule has 0 saturated carbocycles. The van der Waals surface area contributed by atoms with E-state index >= 15 is 0 Å². The zero-order chi connectivity index (χ0) is 15.1. The van der Waals surface area contributed by atoms with Crippen LogP contribution in [0.25, 0.3) is 0 Å². The van der Waals surface area contributed by atoms with Gasteiger partial charge < -0.3 is 20.1 Å². The second-order valence-electron chi connectivity index (χ2n) is 4.52. The van der Waals surface area contributed by atoms with Crippen molar-refractivity contribution in [3.8, 4) is 5.75 Å². The van der Waals surface area contributed by atoms with Crippen LogP contribution in [0.15, 0.2) is 24.3 Å². The van der Waals surface area contributed by atoms with E-state index < -0.39 is 5.97 Å². The van der Waals surface area contributed by atoms with E-state index in [0.29, 0.717) is 11.4 Å². The van der Waals surface area contributed by atoms with E-state index in [1.54, 1.807) is 24.3 Å². The molecule has 20 heavy (non-hydrogen) atoms. The number of nitrogen functional groups attached to an aromatic ring is 1. The van der Waals surface area contributed by atoms with Gasteiger partial charge in [-0.1, -0.05) is 12.1 Å². The molecule has 0 unspecified atom stereocenters. The van der Waals surface area contributed by atoms with Crippen molar-refractivity contribution in [3.05, 3.63) is 24.3 Å². The lowest BCUT2D eigenvalue weighted by Crippen LogP contribution is -2.43. The van der Waals surface area contributed by atoms with Gasteiger partial charge in [0.25, 0.3) is 5.91 Å². The molecular weight excluding hydrogens is 260 g/mol. The first-order chi connectivity index (χ1) is 9.45. The van der Waals surface area contributed by atoms with Gasteiger partial charge in [0.1, 0.15) is 12.3 Å². The maximum Gasteiger partial charge on any atom is 0.325 e. The Balaban J connectivity index is 2.63. The SMILES string of the molecule is COC(=O)CN(C(=O)COc1ccccc1N)C(C)C. The first-order valence-corrected chi connectivity index (χ1v) is 6.29. The van der Waals surface area contributed by atoms with E-state index in [1.165, 1.54) is 12.0 Å². The fourth-order valence-corrected chi connectivity index (χ4v) is 1.60. The molecule has 2 N–H and O–H groups in total. The highest BCUT2D eigenvalue weighted by Gasteiger charge is 2.21. The monoisotopic (exact) mass is 280 g/mol. The number of methoxy groups -OCH3 is 1. The van der Waals surface area contributed by atoms with Crippen LogP contribution in [0.2, 0.25) is 0 Å². The molecule has 1 rings (SSSR count). The number of amides is 1. The predicted molar refractivity (Wildman–Crippen MR) is 75.2 cm³/mol. The zero-order valence-corrected chi connectivity index (χ0v) is 12.0. The second-order valence-corrected chi connectivity index (χ2v) is 4.52. The first-order valence-electron chi connectivity index (χ1n) is 6.29. The number of carbonyl (C=O) groups is 2. The summed E-state index contributed by atoms with van der Waals surface area (Å²) in [6, 6.07) is 6.79. The van der Waals surface area contributed by atoms with Crippen molar-refractivity contribution in [2.24, 2.45) is 0 Å². The van der Waals surface area contributed by atoms with Gasteiger partial charge in [-0.05, 0) is 26.0 Å². The molecular formula is C14H20N2O4. The summed E-state index contributed by atoms with van der Waals surface area (Å²) in [6.45, 7) is 3.36. The zero-order valence-electron chi connectivity index (χ0n) is 12.0. The largest absolute Gasteiger partial charge is 0.482 e. The lowest BCUT2D eigenvalue weighted by atomic mass is 10.3. The summed E-state index contributed by atoms with van der Waals surface area (Å²) < 4.78 is 9.95. The Labute approximate surface area is 118 Å². The van der Waals surface area contributed by atoms with Crippen molar-refractivity contribution in [2.45, 2.75) is 19.9 Å². The third-order valence-electron chi connectivity index (χ3n) is 2.74. The Kier molecular flexibility index (Phi) is 5.83. The molecule has 0 aromatic heterocycles. The quantitative estimate of drug-likeness (QED) is 0.622.